The molecule has 0 atom stereocenters. The number of nitrogens with zero attached hydrogens (tertiary/aromatic N) is 2. The molecule has 2 aromatic carbocycles. The molecule has 0 saturated carbocycles. The zero-order valence-corrected chi connectivity index (χ0v) is 16.2. The molecule has 0 N–H and O–H groups in total. The molecule has 28 heavy (non-hydrogen) atoms. The molecule has 6 nitrogen and oxygen atoms in total. The third-order valence-corrected chi connectivity index (χ3v) is 4.81. The van der Waals surface area contributed by atoms with Crippen molar-refractivity contribution in [3.8, 4) is 0 Å². The van der Waals surface area contributed by atoms with Crippen LogP contribution < -0.4 is 0 Å². The second kappa shape index (κ2) is 8.80. The van der Waals surface area contributed by atoms with Gasteiger partial charge in [0.15, 0.2) is 0 Å². The fraction of sp³-hybridized carbons (Fsp3) is 0.318. The summed E-state index contributed by atoms with van der Waals surface area (Å²) in [7, 11) is 1.59. The SMILES string of the molecule is COCCN(Cc1ccccc1)C(=O)CCN1C(=O)c2ccc(C)cc2C1=O. The lowest BCUT2D eigenvalue weighted by Crippen LogP contribution is -2.38. The van der Waals surface area contributed by atoms with Crippen LogP contribution in [-0.4, -0.2) is 54.3 Å². The number of benzene rings is 2. The average molecular weight is 380 g/mol. The molecule has 0 aromatic heterocycles. The minimum Gasteiger partial charge on any atom is -0.383 e. The number of amides is 3. The molecule has 3 rings (SSSR count). The van der Waals surface area contributed by atoms with Crippen LogP contribution in [0, 0.1) is 6.92 Å². The number of methoxy groups -OCH3 is 1. The summed E-state index contributed by atoms with van der Waals surface area (Å²) in [6.45, 7) is 3.28. The van der Waals surface area contributed by atoms with E-state index < -0.39 is 0 Å². The standard InChI is InChI=1S/C22H24N2O4/c1-16-8-9-18-19(14-16)22(27)24(21(18)26)11-10-20(25)23(12-13-28-2)15-17-6-4-3-5-7-17/h3-9,14H,10-13,15H2,1-2H3. The number of hydrogen-bond donors (Lipinski definition) is 0. The van der Waals surface area contributed by atoms with E-state index in [9.17, 15) is 14.4 Å². The van der Waals surface area contributed by atoms with Crippen molar-refractivity contribution in [2.45, 2.75) is 19.9 Å². The van der Waals surface area contributed by atoms with Gasteiger partial charge in [-0.05, 0) is 24.6 Å². The number of ether oxygens (including phenoxy) is 1. The largest absolute Gasteiger partial charge is 0.383 e. The Bertz CT molecular complexity index is 879. The van der Waals surface area contributed by atoms with Gasteiger partial charge in [0.05, 0.1) is 17.7 Å². The van der Waals surface area contributed by atoms with Crippen molar-refractivity contribution in [3.63, 3.8) is 0 Å². The summed E-state index contributed by atoms with van der Waals surface area (Å²) in [4.78, 5) is 40.7. The molecular weight excluding hydrogens is 356 g/mol. The van der Waals surface area contributed by atoms with Gasteiger partial charge in [-0.1, -0.05) is 42.0 Å². The van der Waals surface area contributed by atoms with Crippen LogP contribution in [0.5, 0.6) is 0 Å². The molecule has 0 bridgehead atoms. The maximum atomic E-state index is 12.8. The number of carbonyl (C=O) groups is 3. The van der Waals surface area contributed by atoms with Crippen molar-refractivity contribution in [1.82, 2.24) is 9.80 Å². The van der Waals surface area contributed by atoms with Gasteiger partial charge < -0.3 is 9.64 Å². The highest BCUT2D eigenvalue weighted by atomic mass is 16.5. The van der Waals surface area contributed by atoms with Crippen LogP contribution in [0.3, 0.4) is 0 Å². The summed E-state index contributed by atoms with van der Waals surface area (Å²) >= 11 is 0. The van der Waals surface area contributed by atoms with E-state index in [0.717, 1.165) is 11.1 Å². The normalized spacial score (nSPS) is 13.0. The molecule has 1 aliphatic rings. The molecule has 0 saturated heterocycles. The van der Waals surface area contributed by atoms with E-state index >= 15 is 0 Å². The first-order valence-electron chi connectivity index (χ1n) is 9.28. The van der Waals surface area contributed by atoms with E-state index in [-0.39, 0.29) is 30.7 Å². The second-order valence-electron chi connectivity index (χ2n) is 6.85. The van der Waals surface area contributed by atoms with Crippen molar-refractivity contribution in [3.05, 3.63) is 70.8 Å². The molecule has 0 aliphatic carbocycles. The third kappa shape index (κ3) is 4.28. The van der Waals surface area contributed by atoms with Crippen LogP contribution in [0.15, 0.2) is 48.5 Å². The number of rotatable bonds is 8. The second-order valence-corrected chi connectivity index (χ2v) is 6.85. The smallest absolute Gasteiger partial charge is 0.261 e. The first-order valence-corrected chi connectivity index (χ1v) is 9.28. The fourth-order valence-electron chi connectivity index (χ4n) is 3.27. The summed E-state index contributed by atoms with van der Waals surface area (Å²) in [5.41, 5.74) is 2.76. The number of hydrogen-bond acceptors (Lipinski definition) is 4. The maximum Gasteiger partial charge on any atom is 0.261 e. The van der Waals surface area contributed by atoms with E-state index in [0.29, 0.717) is 30.8 Å². The van der Waals surface area contributed by atoms with Crippen LogP contribution >= 0.6 is 0 Å². The predicted molar refractivity (Wildman–Crippen MR) is 105 cm³/mol. The summed E-state index contributed by atoms with van der Waals surface area (Å²) in [6, 6.07) is 14.9. The Kier molecular flexibility index (Phi) is 6.21. The Morgan fingerprint density at radius 3 is 2.46 bits per heavy atom. The Labute approximate surface area is 164 Å². The van der Waals surface area contributed by atoms with E-state index in [1.54, 1.807) is 24.1 Å². The van der Waals surface area contributed by atoms with Crippen molar-refractivity contribution < 1.29 is 19.1 Å². The van der Waals surface area contributed by atoms with Crippen molar-refractivity contribution in [2.75, 3.05) is 26.8 Å². The molecule has 2 aromatic rings. The van der Waals surface area contributed by atoms with Crippen molar-refractivity contribution >= 4 is 17.7 Å². The molecule has 146 valence electrons. The molecule has 0 radical (unpaired) electrons. The summed E-state index contributed by atoms with van der Waals surface area (Å²) in [5.74, 6) is -0.782. The summed E-state index contributed by atoms with van der Waals surface area (Å²) in [6.07, 6.45) is 0.0843. The number of carbonyl (C=O) groups excluding carboxylic acids is 3. The van der Waals surface area contributed by atoms with Crippen LogP contribution in [0.1, 0.15) is 38.3 Å². The topological polar surface area (TPSA) is 66.9 Å². The maximum absolute atomic E-state index is 12.8. The zero-order valence-electron chi connectivity index (χ0n) is 16.2. The quantitative estimate of drug-likeness (QED) is 0.661. The van der Waals surface area contributed by atoms with Gasteiger partial charge in [0, 0.05) is 33.2 Å². The van der Waals surface area contributed by atoms with Gasteiger partial charge in [-0.3, -0.25) is 19.3 Å². The lowest BCUT2D eigenvalue weighted by molar-refractivity contribution is -0.132. The number of fused-ring (bicyclic) bond motifs is 1. The van der Waals surface area contributed by atoms with Gasteiger partial charge in [0.2, 0.25) is 5.91 Å². The molecule has 3 amide bonds. The Balaban J connectivity index is 1.65. The van der Waals surface area contributed by atoms with Gasteiger partial charge in [0.25, 0.3) is 11.8 Å². The molecule has 6 heteroatoms. The molecule has 0 unspecified atom stereocenters. The van der Waals surface area contributed by atoms with Crippen LogP contribution in [-0.2, 0) is 16.1 Å². The highest BCUT2D eigenvalue weighted by Gasteiger charge is 2.35. The molecule has 1 aliphatic heterocycles. The Hall–Kier alpha value is -2.99. The van der Waals surface area contributed by atoms with E-state index in [2.05, 4.69) is 0 Å². The lowest BCUT2D eigenvalue weighted by atomic mass is 10.1. The van der Waals surface area contributed by atoms with Crippen molar-refractivity contribution in [1.29, 1.82) is 0 Å². The van der Waals surface area contributed by atoms with Crippen LogP contribution in [0.25, 0.3) is 0 Å². The molecular formula is C22H24N2O4. The van der Waals surface area contributed by atoms with Crippen LogP contribution in [0.4, 0.5) is 0 Å². The summed E-state index contributed by atoms with van der Waals surface area (Å²) in [5, 5.41) is 0. The van der Waals surface area contributed by atoms with E-state index in [4.69, 9.17) is 4.74 Å². The highest BCUT2D eigenvalue weighted by Crippen LogP contribution is 2.24. The molecule has 0 fully saturated rings. The van der Waals surface area contributed by atoms with Gasteiger partial charge in [-0.2, -0.15) is 0 Å². The van der Waals surface area contributed by atoms with Crippen LogP contribution in [0.2, 0.25) is 0 Å². The Morgan fingerprint density at radius 1 is 1.04 bits per heavy atom. The minimum absolute atomic E-state index is 0.0719. The average Bonchev–Trinajstić information content (AvgIpc) is 2.93. The lowest BCUT2D eigenvalue weighted by Gasteiger charge is -2.23. The third-order valence-electron chi connectivity index (χ3n) is 4.81. The summed E-state index contributed by atoms with van der Waals surface area (Å²) < 4.78 is 5.11. The minimum atomic E-state index is -0.334. The monoisotopic (exact) mass is 380 g/mol. The van der Waals surface area contributed by atoms with E-state index in [1.807, 2.05) is 43.3 Å². The molecule has 0 spiro atoms. The van der Waals surface area contributed by atoms with Gasteiger partial charge in [-0.25, -0.2) is 0 Å². The first-order chi connectivity index (χ1) is 13.5. The fourth-order valence-corrected chi connectivity index (χ4v) is 3.27. The highest BCUT2D eigenvalue weighted by molar-refractivity contribution is 6.21. The van der Waals surface area contributed by atoms with Gasteiger partial charge in [0.1, 0.15) is 0 Å². The van der Waals surface area contributed by atoms with E-state index in [1.165, 1.54) is 4.90 Å². The number of aryl methyl sites for hydroxylation is 1. The molecule has 1 heterocycles. The predicted octanol–water partition coefficient (Wildman–Crippen LogP) is 2.66. The first kappa shape index (κ1) is 19.8. The van der Waals surface area contributed by atoms with Gasteiger partial charge in [-0.15, -0.1) is 0 Å². The Morgan fingerprint density at radius 2 is 1.75 bits per heavy atom. The number of imide groups is 1. The zero-order chi connectivity index (χ0) is 20.1. The van der Waals surface area contributed by atoms with Gasteiger partial charge >= 0.3 is 0 Å². The van der Waals surface area contributed by atoms with Crippen molar-refractivity contribution in [2.24, 2.45) is 0 Å².